The molecule has 7 nitrogen and oxygen atoms in total. The minimum atomic E-state index is -0.00911. The number of hydrogen-bond acceptors (Lipinski definition) is 6. The number of nitrogens with zero attached hydrogens (tertiary/aromatic N) is 2. The van der Waals surface area contributed by atoms with E-state index in [0.29, 0.717) is 24.5 Å². The molecule has 5 rings (SSSR count). The van der Waals surface area contributed by atoms with Crippen LogP contribution in [0.3, 0.4) is 0 Å². The number of fused-ring (bicyclic) bond motifs is 6. The predicted octanol–water partition coefficient (Wildman–Crippen LogP) is 2.02. The molecule has 0 unspecified atom stereocenters. The first-order chi connectivity index (χ1) is 14.7. The number of hydrogen-bond donors (Lipinski definition) is 0. The van der Waals surface area contributed by atoms with E-state index in [9.17, 15) is 4.79 Å². The molecule has 3 aliphatic rings. The SMILES string of the molecule is CCCCn1c(=O)c2c(c3ncc4c(c31)=COOC=4)C=C1C=C(OC)C(OC)=C1C2. The Bertz CT molecular complexity index is 1340. The minimum Gasteiger partial charge on any atom is -0.493 e. The molecular formula is C23H22N2O5. The van der Waals surface area contributed by atoms with Gasteiger partial charge in [-0.25, -0.2) is 0 Å². The summed E-state index contributed by atoms with van der Waals surface area (Å²) in [6.45, 7) is 2.72. The molecule has 0 fully saturated rings. The van der Waals surface area contributed by atoms with Crippen molar-refractivity contribution in [1.29, 1.82) is 0 Å². The van der Waals surface area contributed by atoms with Crippen molar-refractivity contribution in [1.82, 2.24) is 9.55 Å². The second-order valence-electron chi connectivity index (χ2n) is 7.46. The molecule has 1 aliphatic heterocycles. The molecule has 3 heterocycles. The number of aromatic nitrogens is 2. The maximum absolute atomic E-state index is 13.7. The molecule has 30 heavy (non-hydrogen) atoms. The lowest BCUT2D eigenvalue weighted by Gasteiger charge is -2.21. The molecule has 0 saturated carbocycles. The molecule has 2 aromatic heterocycles. The Morgan fingerprint density at radius 1 is 1.17 bits per heavy atom. The van der Waals surface area contributed by atoms with Gasteiger partial charge in [0.1, 0.15) is 0 Å². The zero-order valence-electron chi connectivity index (χ0n) is 17.2. The normalized spacial score (nSPS) is 16.2. The van der Waals surface area contributed by atoms with E-state index < -0.39 is 0 Å². The fraction of sp³-hybridized carbons (Fsp3) is 0.304. The van der Waals surface area contributed by atoms with E-state index in [1.807, 2.05) is 16.7 Å². The monoisotopic (exact) mass is 406 g/mol. The third-order valence-corrected chi connectivity index (χ3v) is 5.82. The largest absolute Gasteiger partial charge is 0.493 e. The Labute approximate surface area is 172 Å². The van der Waals surface area contributed by atoms with Gasteiger partial charge in [0.15, 0.2) is 24.0 Å². The van der Waals surface area contributed by atoms with E-state index in [0.717, 1.165) is 56.6 Å². The van der Waals surface area contributed by atoms with Crippen LogP contribution in [-0.4, -0.2) is 23.8 Å². The van der Waals surface area contributed by atoms with Crippen LogP contribution in [0.25, 0.3) is 29.6 Å². The summed E-state index contributed by atoms with van der Waals surface area (Å²) in [5.74, 6) is 1.35. The van der Waals surface area contributed by atoms with Gasteiger partial charge in [-0.15, -0.1) is 0 Å². The average Bonchev–Trinajstić information content (AvgIpc) is 3.14. The van der Waals surface area contributed by atoms with E-state index in [2.05, 4.69) is 6.92 Å². The van der Waals surface area contributed by atoms with E-state index >= 15 is 0 Å². The van der Waals surface area contributed by atoms with Crippen LogP contribution >= 0.6 is 0 Å². The first-order valence-electron chi connectivity index (χ1n) is 10.00. The fourth-order valence-electron chi connectivity index (χ4n) is 4.34. The standard InChI is InChI=1S/C23H22N2O5/c1-4-5-6-25-21-18-12-30-29-11-14(18)10-24-20(21)16-7-13-8-19(27-2)22(28-3)15(13)9-17(16)23(25)26/h7-8,10-12H,4-6,9H2,1-3H3. The summed E-state index contributed by atoms with van der Waals surface area (Å²) in [5.41, 5.74) is 5.06. The van der Waals surface area contributed by atoms with Crippen molar-refractivity contribution in [3.63, 3.8) is 0 Å². The molecular weight excluding hydrogens is 384 g/mol. The molecule has 0 amide bonds. The molecule has 2 aromatic rings. The maximum Gasteiger partial charge on any atom is 0.255 e. The molecule has 0 N–H and O–H groups in total. The molecule has 0 bridgehead atoms. The Kier molecular flexibility index (Phi) is 4.38. The topological polar surface area (TPSA) is 71.8 Å². The molecule has 0 radical (unpaired) electrons. The second kappa shape index (κ2) is 7.09. The number of ether oxygens (including phenoxy) is 2. The summed E-state index contributed by atoms with van der Waals surface area (Å²) in [5, 5.41) is 1.59. The minimum absolute atomic E-state index is 0.00911. The first kappa shape index (κ1) is 18.5. The highest BCUT2D eigenvalue weighted by atomic mass is 17.2. The molecule has 0 atom stereocenters. The Balaban J connectivity index is 1.87. The quantitative estimate of drug-likeness (QED) is 0.708. The molecule has 0 aromatic carbocycles. The lowest BCUT2D eigenvalue weighted by atomic mass is 9.89. The van der Waals surface area contributed by atoms with Crippen LogP contribution < -0.4 is 16.0 Å². The van der Waals surface area contributed by atoms with Crippen LogP contribution in [0.4, 0.5) is 0 Å². The Morgan fingerprint density at radius 2 is 2.00 bits per heavy atom. The highest BCUT2D eigenvalue weighted by Crippen LogP contribution is 2.39. The number of unbranched alkanes of at least 4 members (excludes halogenated alkanes) is 1. The Morgan fingerprint density at radius 3 is 2.77 bits per heavy atom. The number of rotatable bonds is 5. The van der Waals surface area contributed by atoms with Crippen molar-refractivity contribution < 1.29 is 19.2 Å². The number of allylic oxidation sites excluding steroid dienone is 3. The molecule has 0 saturated heterocycles. The summed E-state index contributed by atoms with van der Waals surface area (Å²) in [4.78, 5) is 28.4. The Hall–Kier alpha value is -3.48. The zero-order valence-corrected chi connectivity index (χ0v) is 17.2. The average molecular weight is 406 g/mol. The van der Waals surface area contributed by atoms with Crippen molar-refractivity contribution in [2.75, 3.05) is 14.2 Å². The molecule has 7 heteroatoms. The van der Waals surface area contributed by atoms with Gasteiger partial charge in [-0.3, -0.25) is 19.6 Å². The smallest absolute Gasteiger partial charge is 0.255 e. The van der Waals surface area contributed by atoms with Crippen molar-refractivity contribution in [3.8, 4) is 0 Å². The van der Waals surface area contributed by atoms with Gasteiger partial charge < -0.3 is 14.0 Å². The highest BCUT2D eigenvalue weighted by molar-refractivity contribution is 5.90. The van der Waals surface area contributed by atoms with Crippen molar-refractivity contribution in [3.05, 3.63) is 66.9 Å². The zero-order chi connectivity index (χ0) is 20.8. The van der Waals surface area contributed by atoms with Gasteiger partial charge in [0.05, 0.1) is 30.5 Å². The first-order valence-corrected chi connectivity index (χ1v) is 10.00. The summed E-state index contributed by atoms with van der Waals surface area (Å²) in [7, 11) is 3.24. The summed E-state index contributed by atoms with van der Waals surface area (Å²) >= 11 is 0. The van der Waals surface area contributed by atoms with Gasteiger partial charge in [0.2, 0.25) is 0 Å². The number of aryl methyl sites for hydroxylation is 1. The number of methoxy groups -OCH3 is 2. The van der Waals surface area contributed by atoms with Crippen LogP contribution in [0.15, 0.2) is 39.7 Å². The van der Waals surface area contributed by atoms with Gasteiger partial charge in [-0.2, -0.15) is 0 Å². The molecule has 0 spiro atoms. The third kappa shape index (κ3) is 2.58. The van der Waals surface area contributed by atoms with E-state index in [4.69, 9.17) is 24.2 Å². The van der Waals surface area contributed by atoms with Gasteiger partial charge >= 0.3 is 0 Å². The van der Waals surface area contributed by atoms with Crippen LogP contribution in [-0.2, 0) is 32.2 Å². The third-order valence-electron chi connectivity index (χ3n) is 5.82. The van der Waals surface area contributed by atoms with E-state index in [1.165, 1.54) is 12.5 Å². The molecule has 2 aliphatic carbocycles. The van der Waals surface area contributed by atoms with E-state index in [1.54, 1.807) is 20.4 Å². The van der Waals surface area contributed by atoms with Gasteiger partial charge in [-0.05, 0) is 24.1 Å². The van der Waals surface area contributed by atoms with Gasteiger partial charge in [0.25, 0.3) is 5.56 Å². The summed E-state index contributed by atoms with van der Waals surface area (Å²) in [6.07, 6.45) is 11.1. The lowest BCUT2D eigenvalue weighted by Crippen LogP contribution is -2.37. The van der Waals surface area contributed by atoms with Gasteiger partial charge in [0, 0.05) is 41.1 Å². The summed E-state index contributed by atoms with van der Waals surface area (Å²) in [6, 6.07) is 0. The second-order valence-corrected chi connectivity index (χ2v) is 7.46. The van der Waals surface area contributed by atoms with Crippen LogP contribution in [0.1, 0.15) is 30.9 Å². The van der Waals surface area contributed by atoms with Crippen molar-refractivity contribution >= 4 is 29.6 Å². The van der Waals surface area contributed by atoms with Crippen molar-refractivity contribution in [2.24, 2.45) is 0 Å². The van der Waals surface area contributed by atoms with Crippen LogP contribution in [0.5, 0.6) is 0 Å². The number of pyridine rings is 2. The summed E-state index contributed by atoms with van der Waals surface area (Å²) < 4.78 is 12.9. The van der Waals surface area contributed by atoms with E-state index in [-0.39, 0.29) is 5.56 Å². The maximum atomic E-state index is 13.7. The highest BCUT2D eigenvalue weighted by Gasteiger charge is 2.31. The van der Waals surface area contributed by atoms with Gasteiger partial charge in [-0.1, -0.05) is 13.3 Å². The van der Waals surface area contributed by atoms with Crippen LogP contribution in [0, 0.1) is 0 Å². The fourth-order valence-corrected chi connectivity index (χ4v) is 4.34. The molecule has 154 valence electrons. The lowest BCUT2D eigenvalue weighted by molar-refractivity contribution is -0.151. The van der Waals surface area contributed by atoms with Crippen molar-refractivity contribution in [2.45, 2.75) is 32.7 Å². The predicted molar refractivity (Wildman–Crippen MR) is 112 cm³/mol. The van der Waals surface area contributed by atoms with Crippen LogP contribution in [0.2, 0.25) is 0 Å².